The first-order valence-corrected chi connectivity index (χ1v) is 17.2. The average Bonchev–Trinajstić information content (AvgIpc) is 3.54. The van der Waals surface area contributed by atoms with Crippen molar-refractivity contribution in [2.24, 2.45) is 0 Å². The summed E-state index contributed by atoms with van der Waals surface area (Å²) in [6, 6.07) is 63.7. The molecule has 0 saturated heterocycles. The summed E-state index contributed by atoms with van der Waals surface area (Å²) in [7, 11) is 0. The Kier molecular flexibility index (Phi) is 6.78. The zero-order valence-corrected chi connectivity index (χ0v) is 27.6. The Hall–Kier alpha value is -6.91. The van der Waals surface area contributed by atoms with E-state index in [1.54, 1.807) is 0 Å². The van der Waals surface area contributed by atoms with Gasteiger partial charge in [0.05, 0.1) is 33.6 Å². The highest BCUT2D eigenvalue weighted by Gasteiger charge is 2.21. The molecule has 0 aliphatic carbocycles. The minimum absolute atomic E-state index is 0.696. The van der Waals surface area contributed by atoms with Crippen molar-refractivity contribution in [3.63, 3.8) is 0 Å². The summed E-state index contributed by atoms with van der Waals surface area (Å²) >= 11 is 0. The summed E-state index contributed by atoms with van der Waals surface area (Å²) in [6.45, 7) is 0. The molecule has 0 atom stereocenters. The van der Waals surface area contributed by atoms with E-state index in [1.807, 2.05) is 24.3 Å². The topological polar surface area (TPSA) is 43.6 Å². The van der Waals surface area contributed by atoms with Gasteiger partial charge >= 0.3 is 0 Å². The smallest absolute Gasteiger partial charge is 0.160 e. The maximum Gasteiger partial charge on any atom is 0.160 e. The Bertz CT molecular complexity index is 2820. The molecular formula is C47H30N4. The zero-order chi connectivity index (χ0) is 33.7. The van der Waals surface area contributed by atoms with Gasteiger partial charge in [0.15, 0.2) is 5.82 Å². The lowest BCUT2D eigenvalue weighted by molar-refractivity contribution is 1.16. The SMILES string of the molecule is c1ccc(-c2cc(-c3cccc4c5cc6c(cc5n(-c5ccccc5)c34)c(-c3ccccc3)nc3ccccc36)nc(-c3ccccc3)n2)cc1. The quantitative estimate of drug-likeness (QED) is 0.174. The Morgan fingerprint density at radius 1 is 0.373 bits per heavy atom. The van der Waals surface area contributed by atoms with Crippen molar-refractivity contribution in [3.05, 3.63) is 182 Å². The molecule has 0 N–H and O–H groups in total. The van der Waals surface area contributed by atoms with Crippen molar-refractivity contribution in [1.82, 2.24) is 19.5 Å². The molecule has 10 aromatic rings. The number of hydrogen-bond donors (Lipinski definition) is 0. The fourth-order valence-electron chi connectivity index (χ4n) is 7.44. The fourth-order valence-corrected chi connectivity index (χ4v) is 7.44. The number of pyridine rings is 1. The number of nitrogens with zero attached hydrogens (tertiary/aromatic N) is 4. The second kappa shape index (κ2) is 11.9. The van der Waals surface area contributed by atoms with E-state index >= 15 is 0 Å². The minimum Gasteiger partial charge on any atom is -0.309 e. The van der Waals surface area contributed by atoms with E-state index in [2.05, 4.69) is 162 Å². The standard InChI is InChI=1S/C47H30N4/c1-5-16-31(17-6-1)42-30-43(50-47(49-42)33-20-9-3-10-21-33)37-26-15-25-36-39-28-38-35-24-13-14-27-41(35)48-45(32-18-7-2-8-19-32)40(38)29-44(39)51(46(36)37)34-22-11-4-12-23-34/h1-30H. The van der Waals surface area contributed by atoms with Gasteiger partial charge in [0, 0.05) is 49.5 Å². The van der Waals surface area contributed by atoms with Crippen LogP contribution in [0.25, 0.3) is 94.3 Å². The first-order chi connectivity index (χ1) is 25.3. The molecule has 0 aliphatic heterocycles. The van der Waals surface area contributed by atoms with Crippen LogP contribution in [0, 0.1) is 0 Å². The molecule has 3 heterocycles. The average molecular weight is 651 g/mol. The van der Waals surface area contributed by atoms with Crippen LogP contribution in [0.1, 0.15) is 0 Å². The molecular weight excluding hydrogens is 621 g/mol. The Morgan fingerprint density at radius 3 is 1.73 bits per heavy atom. The third-order valence-electron chi connectivity index (χ3n) is 9.77. The monoisotopic (exact) mass is 650 g/mol. The van der Waals surface area contributed by atoms with Crippen molar-refractivity contribution in [2.75, 3.05) is 0 Å². The van der Waals surface area contributed by atoms with Crippen LogP contribution >= 0.6 is 0 Å². The Labute approximate surface area is 295 Å². The van der Waals surface area contributed by atoms with Crippen LogP contribution in [-0.2, 0) is 0 Å². The van der Waals surface area contributed by atoms with Crippen LogP contribution in [0.15, 0.2) is 182 Å². The number of fused-ring (bicyclic) bond motifs is 6. The zero-order valence-electron chi connectivity index (χ0n) is 27.6. The van der Waals surface area contributed by atoms with E-state index in [9.17, 15) is 0 Å². The lowest BCUT2D eigenvalue weighted by atomic mass is 9.97. The predicted molar refractivity (Wildman–Crippen MR) is 211 cm³/mol. The first-order valence-electron chi connectivity index (χ1n) is 17.2. The second-order valence-electron chi connectivity index (χ2n) is 12.8. The molecule has 0 saturated carbocycles. The molecule has 0 bridgehead atoms. The number of hydrogen-bond acceptors (Lipinski definition) is 3. The molecule has 0 amide bonds. The van der Waals surface area contributed by atoms with Gasteiger partial charge in [0.1, 0.15) is 0 Å². The molecule has 0 aliphatic rings. The van der Waals surface area contributed by atoms with Gasteiger partial charge in [0.2, 0.25) is 0 Å². The van der Waals surface area contributed by atoms with E-state index in [0.29, 0.717) is 5.82 Å². The van der Waals surface area contributed by atoms with Crippen LogP contribution in [0.5, 0.6) is 0 Å². The van der Waals surface area contributed by atoms with Crippen LogP contribution in [0.4, 0.5) is 0 Å². The molecule has 10 rings (SSSR count). The number of para-hydroxylation sites is 3. The number of aromatic nitrogens is 4. The largest absolute Gasteiger partial charge is 0.309 e. The van der Waals surface area contributed by atoms with Crippen LogP contribution in [0.2, 0.25) is 0 Å². The summed E-state index contributed by atoms with van der Waals surface area (Å²) in [6.07, 6.45) is 0. The highest BCUT2D eigenvalue weighted by molar-refractivity contribution is 6.21. The van der Waals surface area contributed by atoms with Gasteiger partial charge in [-0.15, -0.1) is 0 Å². The maximum absolute atomic E-state index is 5.27. The number of rotatable bonds is 5. The first kappa shape index (κ1) is 29.0. The van der Waals surface area contributed by atoms with Crippen molar-refractivity contribution in [2.45, 2.75) is 0 Å². The van der Waals surface area contributed by atoms with Crippen LogP contribution < -0.4 is 0 Å². The molecule has 4 heteroatoms. The summed E-state index contributed by atoms with van der Waals surface area (Å²) < 4.78 is 2.40. The summed E-state index contributed by atoms with van der Waals surface area (Å²) in [5.41, 5.74) is 11.2. The van der Waals surface area contributed by atoms with Crippen molar-refractivity contribution < 1.29 is 0 Å². The van der Waals surface area contributed by atoms with Crippen molar-refractivity contribution in [3.8, 4) is 50.8 Å². The van der Waals surface area contributed by atoms with E-state index in [1.165, 1.54) is 10.8 Å². The number of benzene rings is 7. The van der Waals surface area contributed by atoms with Gasteiger partial charge in [-0.1, -0.05) is 146 Å². The summed E-state index contributed by atoms with van der Waals surface area (Å²) in [4.78, 5) is 15.6. The third-order valence-corrected chi connectivity index (χ3v) is 9.77. The molecule has 0 fully saturated rings. The Balaban J connectivity index is 1.34. The second-order valence-corrected chi connectivity index (χ2v) is 12.8. The van der Waals surface area contributed by atoms with E-state index in [0.717, 1.165) is 77.7 Å². The summed E-state index contributed by atoms with van der Waals surface area (Å²) in [5, 5.41) is 5.79. The molecule has 51 heavy (non-hydrogen) atoms. The van der Waals surface area contributed by atoms with Crippen molar-refractivity contribution >= 4 is 43.5 Å². The van der Waals surface area contributed by atoms with Gasteiger partial charge in [-0.2, -0.15) is 0 Å². The Morgan fingerprint density at radius 2 is 0.980 bits per heavy atom. The lowest BCUT2D eigenvalue weighted by Gasteiger charge is -2.14. The maximum atomic E-state index is 5.27. The molecule has 3 aromatic heterocycles. The molecule has 0 spiro atoms. The normalized spacial score (nSPS) is 11.5. The van der Waals surface area contributed by atoms with Gasteiger partial charge in [-0.25, -0.2) is 15.0 Å². The summed E-state index contributed by atoms with van der Waals surface area (Å²) in [5.74, 6) is 0.696. The van der Waals surface area contributed by atoms with Gasteiger partial charge in [-0.05, 0) is 41.8 Å². The van der Waals surface area contributed by atoms with Gasteiger partial charge in [0.25, 0.3) is 0 Å². The minimum atomic E-state index is 0.696. The molecule has 4 nitrogen and oxygen atoms in total. The van der Waals surface area contributed by atoms with Crippen molar-refractivity contribution in [1.29, 1.82) is 0 Å². The third kappa shape index (κ3) is 4.88. The highest BCUT2D eigenvalue weighted by Crippen LogP contribution is 2.43. The fraction of sp³-hybridized carbons (Fsp3) is 0. The lowest BCUT2D eigenvalue weighted by Crippen LogP contribution is -1.99. The van der Waals surface area contributed by atoms with Crippen LogP contribution in [0.3, 0.4) is 0 Å². The van der Waals surface area contributed by atoms with E-state index < -0.39 is 0 Å². The molecule has 7 aromatic carbocycles. The highest BCUT2D eigenvalue weighted by atomic mass is 15.0. The molecule has 0 radical (unpaired) electrons. The van der Waals surface area contributed by atoms with E-state index in [-0.39, 0.29) is 0 Å². The molecule has 238 valence electrons. The van der Waals surface area contributed by atoms with E-state index in [4.69, 9.17) is 15.0 Å². The molecule has 0 unspecified atom stereocenters. The van der Waals surface area contributed by atoms with Gasteiger partial charge in [-0.3, -0.25) is 0 Å². The van der Waals surface area contributed by atoms with Crippen LogP contribution in [-0.4, -0.2) is 19.5 Å². The van der Waals surface area contributed by atoms with Gasteiger partial charge < -0.3 is 4.57 Å². The predicted octanol–water partition coefficient (Wildman–Crippen LogP) is 11.9.